The average Bonchev–Trinajstić information content (AvgIpc) is 2.27. The molecule has 4 heteroatoms. The molecule has 1 fully saturated rings. The predicted octanol–water partition coefficient (Wildman–Crippen LogP) is 3.22. The molecule has 1 aromatic rings. The maximum absolute atomic E-state index is 7.72. The molecule has 2 unspecified atom stereocenters. The number of hydrogen-bond acceptors (Lipinski definition) is 2. The Morgan fingerprint density at radius 3 is 2.50 bits per heavy atom. The number of hydrogen-bond donors (Lipinski definition) is 2. The fourth-order valence-electron chi connectivity index (χ4n) is 2.86. The first-order valence-electron chi connectivity index (χ1n) is 6.36. The smallest absolute Gasteiger partial charge is 0.124 e. The number of nitrogens with two attached hydrogens (primary N) is 1. The summed E-state index contributed by atoms with van der Waals surface area (Å²) in [7, 11) is 0. The molecule has 0 spiro atoms. The Morgan fingerprint density at radius 2 is 1.94 bits per heavy atom. The quantitative estimate of drug-likeness (QED) is 0.651. The van der Waals surface area contributed by atoms with Crippen LogP contribution in [-0.4, -0.2) is 18.9 Å². The van der Waals surface area contributed by atoms with Crippen molar-refractivity contribution in [2.24, 2.45) is 17.6 Å². The second kappa shape index (κ2) is 5.31. The van der Waals surface area contributed by atoms with Crippen molar-refractivity contribution in [2.45, 2.75) is 20.3 Å². The Hall–Kier alpha value is -1.03. The van der Waals surface area contributed by atoms with E-state index in [1.54, 1.807) is 0 Å². The van der Waals surface area contributed by atoms with Gasteiger partial charge in [-0.1, -0.05) is 29.8 Å². The first kappa shape index (κ1) is 13.4. The lowest BCUT2D eigenvalue weighted by Crippen LogP contribution is -2.39. The summed E-state index contributed by atoms with van der Waals surface area (Å²) >= 11 is 3.44. The van der Waals surface area contributed by atoms with Gasteiger partial charge in [0.2, 0.25) is 0 Å². The normalized spacial score (nSPS) is 24.1. The van der Waals surface area contributed by atoms with E-state index in [1.807, 2.05) is 12.1 Å². The maximum atomic E-state index is 7.72. The van der Waals surface area contributed by atoms with Gasteiger partial charge in [0, 0.05) is 28.8 Å². The second-order valence-corrected chi connectivity index (χ2v) is 6.34. The molecule has 0 radical (unpaired) electrons. The molecule has 1 aromatic carbocycles. The molecule has 1 heterocycles. The largest absolute Gasteiger partial charge is 0.384 e. The fourth-order valence-corrected chi connectivity index (χ4v) is 3.22. The van der Waals surface area contributed by atoms with Crippen molar-refractivity contribution in [3.8, 4) is 0 Å². The summed E-state index contributed by atoms with van der Waals surface area (Å²) < 4.78 is 0.967. The van der Waals surface area contributed by atoms with Gasteiger partial charge < -0.3 is 10.6 Å². The van der Waals surface area contributed by atoms with Gasteiger partial charge in [-0.15, -0.1) is 0 Å². The van der Waals surface area contributed by atoms with Crippen LogP contribution in [0.15, 0.2) is 22.7 Å². The van der Waals surface area contributed by atoms with Crippen molar-refractivity contribution in [2.75, 3.05) is 18.0 Å². The lowest BCUT2D eigenvalue weighted by Gasteiger charge is -2.37. The summed E-state index contributed by atoms with van der Waals surface area (Å²) in [5, 5.41) is 7.72. The van der Waals surface area contributed by atoms with Crippen molar-refractivity contribution in [3.05, 3.63) is 28.2 Å². The maximum Gasteiger partial charge on any atom is 0.124 e. The van der Waals surface area contributed by atoms with Gasteiger partial charge in [0.15, 0.2) is 0 Å². The predicted molar refractivity (Wildman–Crippen MR) is 80.3 cm³/mol. The minimum absolute atomic E-state index is 0.136. The van der Waals surface area contributed by atoms with Crippen LogP contribution in [-0.2, 0) is 0 Å². The first-order valence-corrected chi connectivity index (χ1v) is 7.15. The summed E-state index contributed by atoms with van der Waals surface area (Å²) in [5.41, 5.74) is 7.61. The van der Waals surface area contributed by atoms with Gasteiger partial charge in [-0.3, -0.25) is 5.41 Å². The van der Waals surface area contributed by atoms with E-state index in [4.69, 9.17) is 11.1 Å². The van der Waals surface area contributed by atoms with Crippen molar-refractivity contribution < 1.29 is 0 Å². The molecule has 0 aliphatic carbocycles. The van der Waals surface area contributed by atoms with Crippen molar-refractivity contribution in [1.29, 1.82) is 5.41 Å². The number of anilines is 1. The number of nitrogens with one attached hydrogen (secondary N) is 1. The molecule has 2 rings (SSSR count). The minimum atomic E-state index is 0.136. The highest BCUT2D eigenvalue weighted by atomic mass is 79.9. The van der Waals surface area contributed by atoms with Crippen molar-refractivity contribution >= 4 is 27.5 Å². The molecule has 0 amide bonds. The molecule has 0 bridgehead atoms. The lowest BCUT2D eigenvalue weighted by molar-refractivity contribution is 0.357. The zero-order valence-electron chi connectivity index (χ0n) is 10.9. The van der Waals surface area contributed by atoms with E-state index < -0.39 is 0 Å². The Balaban J connectivity index is 2.35. The SMILES string of the molecule is CC1CC(C)CN(c2ccc(Br)cc2C(=N)N)C1. The molecule has 3 nitrogen and oxygen atoms in total. The van der Waals surface area contributed by atoms with Gasteiger partial charge >= 0.3 is 0 Å². The van der Waals surface area contributed by atoms with Crippen LogP contribution in [0.5, 0.6) is 0 Å². The summed E-state index contributed by atoms with van der Waals surface area (Å²) in [6.45, 7) is 6.67. The number of benzene rings is 1. The molecular formula is C14H20BrN3. The molecular weight excluding hydrogens is 290 g/mol. The number of rotatable bonds is 2. The standard InChI is InChI=1S/C14H20BrN3/c1-9-5-10(2)8-18(7-9)13-4-3-11(15)6-12(13)14(16)17/h3-4,6,9-10H,5,7-8H2,1-2H3,(H3,16,17). The van der Waals surface area contributed by atoms with E-state index in [-0.39, 0.29) is 5.84 Å². The molecule has 2 atom stereocenters. The topological polar surface area (TPSA) is 53.1 Å². The van der Waals surface area contributed by atoms with Gasteiger partial charge in [-0.2, -0.15) is 0 Å². The molecule has 98 valence electrons. The van der Waals surface area contributed by atoms with Crippen LogP contribution in [0.2, 0.25) is 0 Å². The highest BCUT2D eigenvalue weighted by Gasteiger charge is 2.24. The molecule has 3 N–H and O–H groups in total. The Bertz CT molecular complexity index is 448. The van der Waals surface area contributed by atoms with Crippen LogP contribution in [0.4, 0.5) is 5.69 Å². The molecule has 18 heavy (non-hydrogen) atoms. The van der Waals surface area contributed by atoms with Gasteiger partial charge in [0.1, 0.15) is 5.84 Å². The Kier molecular flexibility index (Phi) is 3.95. The first-order chi connectivity index (χ1) is 8.47. The Labute approximate surface area is 117 Å². The zero-order valence-corrected chi connectivity index (χ0v) is 12.5. The van der Waals surface area contributed by atoms with Gasteiger partial charge in [0.25, 0.3) is 0 Å². The van der Waals surface area contributed by atoms with E-state index in [1.165, 1.54) is 6.42 Å². The summed E-state index contributed by atoms with van der Waals surface area (Å²) in [6, 6.07) is 6.01. The third-order valence-corrected chi connectivity index (χ3v) is 3.95. The minimum Gasteiger partial charge on any atom is -0.384 e. The molecule has 1 aliphatic rings. The van der Waals surface area contributed by atoms with Crippen molar-refractivity contribution in [1.82, 2.24) is 0 Å². The Morgan fingerprint density at radius 1 is 1.33 bits per heavy atom. The highest BCUT2D eigenvalue weighted by molar-refractivity contribution is 9.10. The number of piperidine rings is 1. The van der Waals surface area contributed by atoms with E-state index in [9.17, 15) is 0 Å². The van der Waals surface area contributed by atoms with Crippen LogP contribution in [0, 0.1) is 17.2 Å². The van der Waals surface area contributed by atoms with E-state index in [0.717, 1.165) is 28.8 Å². The summed E-state index contributed by atoms with van der Waals surface area (Å²) in [4.78, 5) is 2.36. The van der Waals surface area contributed by atoms with E-state index in [2.05, 4.69) is 40.7 Å². The molecule has 0 saturated carbocycles. The third-order valence-electron chi connectivity index (χ3n) is 3.46. The molecule has 1 saturated heterocycles. The van der Waals surface area contributed by atoms with Crippen LogP contribution in [0.3, 0.4) is 0 Å². The van der Waals surface area contributed by atoms with Crippen LogP contribution in [0.1, 0.15) is 25.8 Å². The van der Waals surface area contributed by atoms with Crippen LogP contribution in [0.25, 0.3) is 0 Å². The number of halogens is 1. The highest BCUT2D eigenvalue weighted by Crippen LogP contribution is 2.30. The molecule has 1 aliphatic heterocycles. The average molecular weight is 310 g/mol. The summed E-state index contributed by atoms with van der Waals surface area (Å²) in [6.07, 6.45) is 1.28. The number of nitrogen functional groups attached to an aromatic ring is 1. The van der Waals surface area contributed by atoms with E-state index in [0.29, 0.717) is 11.8 Å². The fraction of sp³-hybridized carbons (Fsp3) is 0.500. The second-order valence-electron chi connectivity index (χ2n) is 5.43. The van der Waals surface area contributed by atoms with Crippen LogP contribution >= 0.6 is 15.9 Å². The lowest BCUT2D eigenvalue weighted by atomic mass is 9.91. The van der Waals surface area contributed by atoms with Crippen LogP contribution < -0.4 is 10.6 Å². The third kappa shape index (κ3) is 2.86. The van der Waals surface area contributed by atoms with Gasteiger partial charge in [0.05, 0.1) is 0 Å². The number of nitrogens with zero attached hydrogens (tertiary/aromatic N) is 1. The van der Waals surface area contributed by atoms with Gasteiger partial charge in [-0.25, -0.2) is 0 Å². The van der Waals surface area contributed by atoms with Gasteiger partial charge in [-0.05, 0) is 36.5 Å². The van der Waals surface area contributed by atoms with Crippen molar-refractivity contribution in [3.63, 3.8) is 0 Å². The zero-order chi connectivity index (χ0) is 13.3. The molecule has 0 aromatic heterocycles. The van der Waals surface area contributed by atoms with E-state index >= 15 is 0 Å². The summed E-state index contributed by atoms with van der Waals surface area (Å²) in [5.74, 6) is 1.52. The number of amidine groups is 1. The monoisotopic (exact) mass is 309 g/mol.